The van der Waals surface area contributed by atoms with E-state index >= 15 is 0 Å². The predicted molar refractivity (Wildman–Crippen MR) is 87.1 cm³/mol. The summed E-state index contributed by atoms with van der Waals surface area (Å²) in [5.74, 6) is 0.835. The van der Waals surface area contributed by atoms with Gasteiger partial charge in [-0.3, -0.25) is 0 Å². The minimum Gasteiger partial charge on any atom is -0.497 e. The maximum Gasteiger partial charge on any atom is 0.119 e. The fraction of sp³-hybridized carbons (Fsp3) is 0.333. The molecule has 1 unspecified atom stereocenters. The first-order chi connectivity index (χ1) is 10.0. The number of hydrogen-bond acceptors (Lipinski definition) is 3. The first-order valence-electron chi connectivity index (χ1n) is 7.11. The summed E-state index contributed by atoms with van der Waals surface area (Å²) in [6.07, 6.45) is -0.503. The van der Waals surface area contributed by atoms with Crippen LogP contribution in [0.2, 0.25) is 0 Å². The zero-order valence-corrected chi connectivity index (χ0v) is 13.1. The van der Waals surface area contributed by atoms with Gasteiger partial charge in [-0.1, -0.05) is 18.2 Å². The Hall–Kier alpha value is -2.00. The Morgan fingerprint density at radius 2 is 1.71 bits per heavy atom. The van der Waals surface area contributed by atoms with Crippen LogP contribution in [-0.4, -0.2) is 25.8 Å². The van der Waals surface area contributed by atoms with Gasteiger partial charge in [0.25, 0.3) is 0 Å². The highest BCUT2D eigenvalue weighted by atomic mass is 16.5. The van der Waals surface area contributed by atoms with Gasteiger partial charge in [0, 0.05) is 19.3 Å². The van der Waals surface area contributed by atoms with Crippen LogP contribution in [0.4, 0.5) is 5.69 Å². The number of aliphatic hydroxyl groups excluding tert-OH is 1. The van der Waals surface area contributed by atoms with Gasteiger partial charge in [-0.05, 0) is 54.8 Å². The molecule has 2 aromatic carbocycles. The maximum absolute atomic E-state index is 10.4. The molecule has 0 aliphatic carbocycles. The van der Waals surface area contributed by atoms with E-state index < -0.39 is 6.10 Å². The molecule has 0 spiro atoms. The number of rotatable bonds is 5. The van der Waals surface area contributed by atoms with E-state index in [2.05, 4.69) is 26.0 Å². The van der Waals surface area contributed by atoms with Crippen molar-refractivity contribution in [1.82, 2.24) is 0 Å². The number of aryl methyl sites for hydroxylation is 2. The highest BCUT2D eigenvalue weighted by Crippen LogP contribution is 2.22. The Morgan fingerprint density at radius 1 is 1.05 bits per heavy atom. The zero-order valence-electron chi connectivity index (χ0n) is 13.1. The van der Waals surface area contributed by atoms with E-state index in [-0.39, 0.29) is 0 Å². The monoisotopic (exact) mass is 285 g/mol. The number of benzene rings is 2. The molecule has 1 N–H and O–H groups in total. The van der Waals surface area contributed by atoms with Crippen LogP contribution in [0.15, 0.2) is 42.5 Å². The van der Waals surface area contributed by atoms with Gasteiger partial charge < -0.3 is 14.7 Å². The number of hydrogen-bond donors (Lipinski definition) is 1. The standard InChI is InChI=1S/C18H23NO2/c1-13-5-6-15(11-14(13)2)18(20)12-19(3)16-7-9-17(21-4)10-8-16/h5-11,18,20H,12H2,1-4H3. The SMILES string of the molecule is COc1ccc(N(C)CC(O)c2ccc(C)c(C)c2)cc1. The molecule has 1 atom stereocenters. The molecule has 0 radical (unpaired) electrons. The normalized spacial score (nSPS) is 12.0. The van der Waals surface area contributed by atoms with Gasteiger partial charge in [0.1, 0.15) is 5.75 Å². The molecule has 0 fully saturated rings. The fourth-order valence-electron chi connectivity index (χ4n) is 2.28. The Bertz CT molecular complexity index is 593. The van der Waals surface area contributed by atoms with Crippen molar-refractivity contribution >= 4 is 5.69 Å². The Balaban J connectivity index is 2.06. The number of aliphatic hydroxyl groups is 1. The molecule has 0 aliphatic rings. The van der Waals surface area contributed by atoms with Crippen molar-refractivity contribution in [3.8, 4) is 5.75 Å². The number of ether oxygens (including phenoxy) is 1. The van der Waals surface area contributed by atoms with Crippen LogP contribution in [0.3, 0.4) is 0 Å². The van der Waals surface area contributed by atoms with Gasteiger partial charge in [0.15, 0.2) is 0 Å². The highest BCUT2D eigenvalue weighted by Gasteiger charge is 2.12. The summed E-state index contributed by atoms with van der Waals surface area (Å²) in [7, 11) is 3.63. The van der Waals surface area contributed by atoms with Crippen LogP contribution < -0.4 is 9.64 Å². The van der Waals surface area contributed by atoms with E-state index in [0.29, 0.717) is 6.54 Å². The Morgan fingerprint density at radius 3 is 2.29 bits per heavy atom. The molecule has 3 heteroatoms. The van der Waals surface area contributed by atoms with E-state index in [4.69, 9.17) is 4.74 Å². The lowest BCUT2D eigenvalue weighted by molar-refractivity contribution is 0.185. The molecule has 0 saturated heterocycles. The van der Waals surface area contributed by atoms with Crippen LogP contribution in [-0.2, 0) is 0 Å². The van der Waals surface area contributed by atoms with Crippen molar-refractivity contribution in [2.75, 3.05) is 25.6 Å². The second kappa shape index (κ2) is 6.64. The molecule has 0 bridgehead atoms. The van der Waals surface area contributed by atoms with Gasteiger partial charge in [-0.2, -0.15) is 0 Å². The van der Waals surface area contributed by atoms with Crippen molar-refractivity contribution in [1.29, 1.82) is 0 Å². The third kappa shape index (κ3) is 3.76. The molecule has 112 valence electrons. The highest BCUT2D eigenvalue weighted by molar-refractivity contribution is 5.48. The second-order valence-corrected chi connectivity index (χ2v) is 5.44. The quantitative estimate of drug-likeness (QED) is 0.913. The first kappa shape index (κ1) is 15.4. The smallest absolute Gasteiger partial charge is 0.119 e. The van der Waals surface area contributed by atoms with Gasteiger partial charge in [0.05, 0.1) is 13.2 Å². The van der Waals surface area contributed by atoms with Crippen LogP contribution in [0.1, 0.15) is 22.8 Å². The number of likely N-dealkylation sites (N-methyl/N-ethyl adjacent to an activating group) is 1. The Kier molecular flexibility index (Phi) is 4.86. The van der Waals surface area contributed by atoms with E-state index in [1.54, 1.807) is 7.11 Å². The topological polar surface area (TPSA) is 32.7 Å². The Labute approximate surface area is 126 Å². The van der Waals surface area contributed by atoms with Crippen LogP contribution in [0, 0.1) is 13.8 Å². The molecule has 0 aromatic heterocycles. The van der Waals surface area contributed by atoms with Crippen LogP contribution in [0.25, 0.3) is 0 Å². The lowest BCUT2D eigenvalue weighted by atomic mass is 10.0. The van der Waals surface area contributed by atoms with Crippen LogP contribution >= 0.6 is 0 Å². The number of anilines is 1. The van der Waals surface area contributed by atoms with Crippen molar-refractivity contribution in [2.24, 2.45) is 0 Å². The summed E-state index contributed by atoms with van der Waals surface area (Å²) < 4.78 is 5.16. The maximum atomic E-state index is 10.4. The molecule has 3 nitrogen and oxygen atoms in total. The van der Waals surface area contributed by atoms with Crippen molar-refractivity contribution < 1.29 is 9.84 Å². The predicted octanol–water partition coefficient (Wildman–Crippen LogP) is 3.48. The molecule has 0 heterocycles. The fourth-order valence-corrected chi connectivity index (χ4v) is 2.28. The molecule has 21 heavy (non-hydrogen) atoms. The van der Waals surface area contributed by atoms with Gasteiger partial charge >= 0.3 is 0 Å². The zero-order chi connectivity index (χ0) is 15.4. The van der Waals surface area contributed by atoms with Gasteiger partial charge in [0.2, 0.25) is 0 Å². The molecular formula is C18H23NO2. The van der Waals surface area contributed by atoms with Crippen LogP contribution in [0.5, 0.6) is 5.75 Å². The molecule has 0 saturated carbocycles. The number of methoxy groups -OCH3 is 1. The summed E-state index contributed by atoms with van der Waals surface area (Å²) in [6, 6.07) is 13.9. The third-order valence-corrected chi connectivity index (χ3v) is 3.88. The molecule has 0 amide bonds. The van der Waals surface area contributed by atoms with Crippen molar-refractivity contribution in [3.05, 3.63) is 59.2 Å². The van der Waals surface area contributed by atoms with Crippen molar-refractivity contribution in [3.63, 3.8) is 0 Å². The second-order valence-electron chi connectivity index (χ2n) is 5.44. The minimum atomic E-state index is -0.503. The molecule has 0 aliphatic heterocycles. The average molecular weight is 285 g/mol. The third-order valence-electron chi connectivity index (χ3n) is 3.88. The largest absolute Gasteiger partial charge is 0.497 e. The average Bonchev–Trinajstić information content (AvgIpc) is 2.50. The lowest BCUT2D eigenvalue weighted by Gasteiger charge is -2.23. The summed E-state index contributed by atoms with van der Waals surface area (Å²) in [6.45, 7) is 4.70. The first-order valence-corrected chi connectivity index (χ1v) is 7.11. The number of nitrogens with zero attached hydrogens (tertiary/aromatic N) is 1. The summed E-state index contributed by atoms with van der Waals surface area (Å²) in [5, 5.41) is 10.4. The molecular weight excluding hydrogens is 262 g/mol. The van der Waals surface area contributed by atoms with Gasteiger partial charge in [-0.15, -0.1) is 0 Å². The summed E-state index contributed by atoms with van der Waals surface area (Å²) >= 11 is 0. The molecule has 2 aromatic rings. The summed E-state index contributed by atoms with van der Waals surface area (Å²) in [4.78, 5) is 2.04. The van der Waals surface area contributed by atoms with E-state index in [1.165, 1.54) is 11.1 Å². The molecule has 2 rings (SSSR count). The van der Waals surface area contributed by atoms with E-state index in [1.807, 2.05) is 42.3 Å². The van der Waals surface area contributed by atoms with E-state index in [0.717, 1.165) is 17.0 Å². The van der Waals surface area contributed by atoms with Gasteiger partial charge in [-0.25, -0.2) is 0 Å². The minimum absolute atomic E-state index is 0.503. The van der Waals surface area contributed by atoms with Crippen molar-refractivity contribution in [2.45, 2.75) is 20.0 Å². The lowest BCUT2D eigenvalue weighted by Crippen LogP contribution is -2.24. The summed E-state index contributed by atoms with van der Waals surface area (Å²) in [5.41, 5.74) is 4.46. The van der Waals surface area contributed by atoms with E-state index in [9.17, 15) is 5.11 Å².